The van der Waals surface area contributed by atoms with Crippen LogP contribution in [0.25, 0.3) is 17.1 Å². The molecule has 2 aromatic heterocycles. The number of rotatable bonds is 8. The van der Waals surface area contributed by atoms with Crippen LogP contribution in [0, 0.1) is 6.92 Å². The second-order valence-corrected chi connectivity index (χ2v) is 8.11. The number of methoxy groups -OCH3 is 1. The van der Waals surface area contributed by atoms with E-state index in [1.54, 1.807) is 19.5 Å². The van der Waals surface area contributed by atoms with E-state index in [0.29, 0.717) is 12.2 Å². The van der Waals surface area contributed by atoms with Crippen molar-refractivity contribution in [2.24, 2.45) is 0 Å². The van der Waals surface area contributed by atoms with Crippen molar-refractivity contribution in [2.45, 2.75) is 18.5 Å². The van der Waals surface area contributed by atoms with E-state index in [2.05, 4.69) is 33.5 Å². The predicted octanol–water partition coefficient (Wildman–Crippen LogP) is 4.77. The SMILES string of the molecule is COc1ccc(NC(=O)CCSc2nnc(-c3cccnc3)n2-c2ccccc2C)cc1. The number of carbonyl (C=O) groups excluding carboxylic acids is 1. The van der Waals surface area contributed by atoms with Crippen molar-refractivity contribution >= 4 is 23.4 Å². The Morgan fingerprint density at radius 3 is 2.59 bits per heavy atom. The van der Waals surface area contributed by atoms with Gasteiger partial charge in [-0.15, -0.1) is 10.2 Å². The van der Waals surface area contributed by atoms with E-state index in [4.69, 9.17) is 4.74 Å². The van der Waals surface area contributed by atoms with E-state index in [1.807, 2.05) is 59.2 Å². The number of benzene rings is 2. The number of carbonyl (C=O) groups is 1. The van der Waals surface area contributed by atoms with Gasteiger partial charge in [0, 0.05) is 35.8 Å². The zero-order valence-electron chi connectivity index (χ0n) is 17.9. The Bertz CT molecular complexity index is 1190. The molecular formula is C24H23N5O2S. The molecule has 8 heteroatoms. The van der Waals surface area contributed by atoms with Gasteiger partial charge in [0.05, 0.1) is 12.8 Å². The maximum Gasteiger partial charge on any atom is 0.225 e. The zero-order valence-corrected chi connectivity index (χ0v) is 18.7. The normalized spacial score (nSPS) is 10.7. The van der Waals surface area contributed by atoms with Crippen LogP contribution < -0.4 is 10.1 Å². The number of pyridine rings is 1. The van der Waals surface area contributed by atoms with E-state index < -0.39 is 0 Å². The third-order valence-electron chi connectivity index (χ3n) is 4.84. The van der Waals surface area contributed by atoms with Gasteiger partial charge >= 0.3 is 0 Å². The molecule has 0 saturated heterocycles. The van der Waals surface area contributed by atoms with Crippen molar-refractivity contribution in [3.8, 4) is 22.8 Å². The van der Waals surface area contributed by atoms with Crippen LogP contribution in [0.4, 0.5) is 5.69 Å². The highest BCUT2D eigenvalue weighted by atomic mass is 32.2. The Labute approximate surface area is 190 Å². The van der Waals surface area contributed by atoms with Gasteiger partial charge in [-0.05, 0) is 55.0 Å². The lowest BCUT2D eigenvalue weighted by atomic mass is 10.2. The van der Waals surface area contributed by atoms with Gasteiger partial charge < -0.3 is 10.1 Å². The summed E-state index contributed by atoms with van der Waals surface area (Å²) >= 11 is 1.50. The number of hydrogen-bond acceptors (Lipinski definition) is 6. The summed E-state index contributed by atoms with van der Waals surface area (Å²) in [4.78, 5) is 16.6. The standard InChI is InChI=1S/C24H23N5O2S/c1-17-6-3-4-8-21(17)29-23(18-7-5-14-25-16-18)27-28-24(29)32-15-13-22(30)26-19-9-11-20(31-2)12-10-19/h3-12,14,16H,13,15H2,1-2H3,(H,26,30). The molecule has 1 amide bonds. The lowest BCUT2D eigenvalue weighted by Crippen LogP contribution is -2.12. The second-order valence-electron chi connectivity index (χ2n) is 7.04. The molecule has 4 rings (SSSR count). The lowest BCUT2D eigenvalue weighted by molar-refractivity contribution is -0.115. The van der Waals surface area contributed by atoms with Crippen LogP contribution in [-0.2, 0) is 4.79 Å². The van der Waals surface area contributed by atoms with Crippen molar-refractivity contribution < 1.29 is 9.53 Å². The average Bonchev–Trinajstić information content (AvgIpc) is 3.24. The van der Waals surface area contributed by atoms with Gasteiger partial charge in [-0.25, -0.2) is 0 Å². The molecule has 0 atom stereocenters. The Kier molecular flexibility index (Phi) is 6.81. The fraction of sp³-hybridized carbons (Fsp3) is 0.167. The molecule has 0 aliphatic carbocycles. The van der Waals surface area contributed by atoms with Crippen LogP contribution in [0.2, 0.25) is 0 Å². The van der Waals surface area contributed by atoms with Crippen molar-refractivity contribution in [2.75, 3.05) is 18.2 Å². The third-order valence-corrected chi connectivity index (χ3v) is 5.77. The van der Waals surface area contributed by atoms with Gasteiger partial charge in [-0.3, -0.25) is 14.3 Å². The quantitative estimate of drug-likeness (QED) is 0.394. The number of hydrogen-bond donors (Lipinski definition) is 1. The summed E-state index contributed by atoms with van der Waals surface area (Å²) in [7, 11) is 1.61. The van der Waals surface area contributed by atoms with Gasteiger partial charge in [0.25, 0.3) is 0 Å². The summed E-state index contributed by atoms with van der Waals surface area (Å²) in [6.07, 6.45) is 3.85. The van der Waals surface area contributed by atoms with E-state index in [-0.39, 0.29) is 5.91 Å². The molecule has 0 spiro atoms. The van der Waals surface area contributed by atoms with Gasteiger partial charge in [-0.1, -0.05) is 30.0 Å². The first kappa shape index (κ1) is 21.6. The number of nitrogens with zero attached hydrogens (tertiary/aromatic N) is 4. The molecule has 0 unspecified atom stereocenters. The van der Waals surface area contributed by atoms with Crippen LogP contribution in [0.15, 0.2) is 78.2 Å². The van der Waals surface area contributed by atoms with Crippen LogP contribution >= 0.6 is 11.8 Å². The van der Waals surface area contributed by atoms with Crippen LogP contribution in [0.3, 0.4) is 0 Å². The Morgan fingerprint density at radius 2 is 1.88 bits per heavy atom. The minimum atomic E-state index is -0.0582. The largest absolute Gasteiger partial charge is 0.497 e. The molecule has 0 aliphatic rings. The van der Waals surface area contributed by atoms with Gasteiger partial charge in [-0.2, -0.15) is 0 Å². The Balaban J connectivity index is 1.49. The molecule has 2 heterocycles. The summed E-state index contributed by atoms with van der Waals surface area (Å²) in [5.41, 5.74) is 3.73. The summed E-state index contributed by atoms with van der Waals surface area (Å²) in [6.45, 7) is 2.05. The van der Waals surface area contributed by atoms with E-state index in [9.17, 15) is 4.79 Å². The summed E-state index contributed by atoms with van der Waals surface area (Å²) in [5.74, 6) is 1.98. The van der Waals surface area contributed by atoms with Crippen molar-refractivity contribution in [3.63, 3.8) is 0 Å². The number of aromatic nitrogens is 4. The predicted molar refractivity (Wildman–Crippen MR) is 126 cm³/mol. The second kappa shape index (κ2) is 10.1. The molecule has 0 aliphatic heterocycles. The lowest BCUT2D eigenvalue weighted by Gasteiger charge is -2.12. The molecule has 0 saturated carbocycles. The molecule has 7 nitrogen and oxygen atoms in total. The molecule has 162 valence electrons. The van der Waals surface area contributed by atoms with Gasteiger partial charge in [0.2, 0.25) is 5.91 Å². The highest BCUT2D eigenvalue weighted by Crippen LogP contribution is 2.29. The van der Waals surface area contributed by atoms with Crippen LogP contribution in [0.5, 0.6) is 5.75 Å². The van der Waals surface area contributed by atoms with Crippen molar-refractivity contribution in [1.29, 1.82) is 0 Å². The molecule has 0 fully saturated rings. The summed E-state index contributed by atoms with van der Waals surface area (Å²) in [5, 5.41) is 12.5. The van der Waals surface area contributed by atoms with Crippen molar-refractivity contribution in [1.82, 2.24) is 19.7 Å². The highest BCUT2D eigenvalue weighted by molar-refractivity contribution is 7.99. The van der Waals surface area contributed by atoms with E-state index in [1.165, 1.54) is 11.8 Å². The zero-order chi connectivity index (χ0) is 22.3. The molecule has 0 bridgehead atoms. The minimum absolute atomic E-state index is 0.0582. The number of para-hydroxylation sites is 1. The van der Waals surface area contributed by atoms with Gasteiger partial charge in [0.15, 0.2) is 11.0 Å². The smallest absolute Gasteiger partial charge is 0.225 e. The monoisotopic (exact) mass is 445 g/mol. The Morgan fingerprint density at radius 1 is 1.06 bits per heavy atom. The molecule has 0 radical (unpaired) electrons. The number of ether oxygens (including phenoxy) is 1. The van der Waals surface area contributed by atoms with Crippen molar-refractivity contribution in [3.05, 3.63) is 78.6 Å². The number of nitrogens with one attached hydrogen (secondary N) is 1. The number of anilines is 1. The Hall–Kier alpha value is -3.65. The molecule has 32 heavy (non-hydrogen) atoms. The summed E-state index contributed by atoms with van der Waals surface area (Å²) < 4.78 is 7.17. The van der Waals surface area contributed by atoms with E-state index in [0.717, 1.165) is 39.2 Å². The first-order valence-electron chi connectivity index (χ1n) is 10.1. The molecule has 4 aromatic rings. The molecule has 1 N–H and O–H groups in total. The topological polar surface area (TPSA) is 81.9 Å². The maximum atomic E-state index is 12.4. The van der Waals surface area contributed by atoms with E-state index >= 15 is 0 Å². The fourth-order valence-corrected chi connectivity index (χ4v) is 4.09. The number of aryl methyl sites for hydroxylation is 1. The first-order valence-corrected chi connectivity index (χ1v) is 11.1. The average molecular weight is 446 g/mol. The fourth-order valence-electron chi connectivity index (χ4n) is 3.21. The number of thioether (sulfide) groups is 1. The third kappa shape index (κ3) is 4.97. The summed E-state index contributed by atoms with van der Waals surface area (Å²) in [6, 6.07) is 19.2. The van der Waals surface area contributed by atoms with Gasteiger partial charge in [0.1, 0.15) is 5.75 Å². The maximum absolute atomic E-state index is 12.4. The molecule has 2 aromatic carbocycles. The molecular weight excluding hydrogens is 422 g/mol. The highest BCUT2D eigenvalue weighted by Gasteiger charge is 2.18. The number of amides is 1. The first-order chi connectivity index (χ1) is 15.7. The van der Waals surface area contributed by atoms with Crippen LogP contribution in [0.1, 0.15) is 12.0 Å². The minimum Gasteiger partial charge on any atom is -0.497 e. The van der Waals surface area contributed by atoms with Crippen LogP contribution in [-0.4, -0.2) is 38.5 Å².